The maximum Gasteiger partial charge on any atom is 0.241 e. The first kappa shape index (κ1) is 13.0. The third-order valence-electron chi connectivity index (χ3n) is 2.63. The van der Waals surface area contributed by atoms with Crippen molar-refractivity contribution in [1.29, 1.82) is 0 Å². The number of nitrogens with one attached hydrogen (secondary N) is 2. The molecule has 5 nitrogen and oxygen atoms in total. The van der Waals surface area contributed by atoms with E-state index in [9.17, 15) is 13.5 Å². The Kier molecular flexibility index (Phi) is 3.55. The van der Waals surface area contributed by atoms with E-state index in [1.54, 1.807) is 18.2 Å². The summed E-state index contributed by atoms with van der Waals surface area (Å²) in [6.45, 7) is 0.834. The van der Waals surface area contributed by atoms with Crippen LogP contribution in [0.4, 0.5) is 0 Å². The highest BCUT2D eigenvalue weighted by Crippen LogP contribution is 2.21. The van der Waals surface area contributed by atoms with E-state index >= 15 is 0 Å². The van der Waals surface area contributed by atoms with Crippen molar-refractivity contribution in [3.63, 3.8) is 0 Å². The zero-order valence-electron chi connectivity index (χ0n) is 8.98. The van der Waals surface area contributed by atoms with E-state index in [0.717, 1.165) is 0 Å². The van der Waals surface area contributed by atoms with Crippen molar-refractivity contribution in [2.45, 2.75) is 10.5 Å². The van der Waals surface area contributed by atoms with E-state index < -0.39 is 15.6 Å². The Balaban J connectivity index is 2.12. The molecule has 0 unspecified atom stereocenters. The number of rotatable bonds is 4. The van der Waals surface area contributed by atoms with E-state index in [2.05, 4.69) is 26.0 Å². The van der Waals surface area contributed by atoms with Crippen LogP contribution < -0.4 is 10.0 Å². The number of halogens is 1. The molecule has 3 N–H and O–H groups in total. The largest absolute Gasteiger partial charge is 0.386 e. The second kappa shape index (κ2) is 4.66. The summed E-state index contributed by atoms with van der Waals surface area (Å²) in [5, 5.41) is 12.7. The van der Waals surface area contributed by atoms with E-state index in [0.29, 0.717) is 17.6 Å². The number of β-amino-alcohol motifs (C(OH)–C–C–N with tert-alkyl or cyclic N) is 1. The first-order chi connectivity index (χ1) is 7.93. The van der Waals surface area contributed by atoms with Crippen molar-refractivity contribution in [3.8, 4) is 0 Å². The summed E-state index contributed by atoms with van der Waals surface area (Å²) in [4.78, 5) is 0.177. The van der Waals surface area contributed by atoms with Gasteiger partial charge in [-0.3, -0.25) is 0 Å². The first-order valence-electron chi connectivity index (χ1n) is 5.10. The third-order valence-corrected chi connectivity index (χ3v) is 5.04. The Morgan fingerprint density at radius 2 is 2.06 bits per heavy atom. The Hall–Kier alpha value is -0.470. The van der Waals surface area contributed by atoms with Gasteiger partial charge < -0.3 is 10.4 Å². The zero-order chi connectivity index (χ0) is 12.5. The van der Waals surface area contributed by atoms with E-state index in [-0.39, 0.29) is 11.4 Å². The minimum atomic E-state index is -3.58. The summed E-state index contributed by atoms with van der Waals surface area (Å²) < 4.78 is 26.9. The van der Waals surface area contributed by atoms with Crippen LogP contribution in [0.5, 0.6) is 0 Å². The van der Waals surface area contributed by atoms with Gasteiger partial charge in [0.15, 0.2) is 0 Å². The first-order valence-corrected chi connectivity index (χ1v) is 7.38. The lowest BCUT2D eigenvalue weighted by Gasteiger charge is -2.37. The van der Waals surface area contributed by atoms with Crippen LogP contribution in [-0.4, -0.2) is 38.8 Å². The molecule has 0 aromatic heterocycles. The molecule has 1 saturated heterocycles. The molecule has 1 aromatic carbocycles. The molecule has 7 heteroatoms. The maximum atomic E-state index is 12.0. The molecule has 2 rings (SSSR count). The minimum Gasteiger partial charge on any atom is -0.386 e. The molecule has 17 heavy (non-hydrogen) atoms. The van der Waals surface area contributed by atoms with Crippen LogP contribution in [0, 0.1) is 0 Å². The third kappa shape index (κ3) is 2.86. The normalized spacial score (nSPS) is 18.7. The van der Waals surface area contributed by atoms with Crippen LogP contribution in [0.3, 0.4) is 0 Å². The van der Waals surface area contributed by atoms with E-state index in [4.69, 9.17) is 0 Å². The molecule has 1 aliphatic heterocycles. The highest BCUT2D eigenvalue weighted by atomic mass is 79.9. The number of benzene rings is 1. The lowest BCUT2D eigenvalue weighted by Crippen LogP contribution is -2.64. The molecular weight excluding hydrogens is 308 g/mol. The van der Waals surface area contributed by atoms with Crippen LogP contribution in [0.25, 0.3) is 0 Å². The van der Waals surface area contributed by atoms with Crippen molar-refractivity contribution in [3.05, 3.63) is 28.7 Å². The molecule has 0 spiro atoms. The topological polar surface area (TPSA) is 78.4 Å². The summed E-state index contributed by atoms with van der Waals surface area (Å²) in [5.74, 6) is 0. The molecule has 0 atom stereocenters. The standard InChI is InChI=1S/C10H13BrN2O3S/c11-8-3-1-2-4-9(8)17(15,16)13-7-10(14)5-12-6-10/h1-4,12-14H,5-7H2. The number of sulfonamides is 1. The summed E-state index contributed by atoms with van der Waals surface area (Å²) in [5.41, 5.74) is -0.964. The van der Waals surface area contributed by atoms with Crippen LogP contribution in [0.15, 0.2) is 33.6 Å². The van der Waals surface area contributed by atoms with Gasteiger partial charge in [0.1, 0.15) is 5.60 Å². The molecule has 1 aromatic rings. The molecule has 0 radical (unpaired) electrons. The lowest BCUT2D eigenvalue weighted by atomic mass is 9.98. The van der Waals surface area contributed by atoms with Gasteiger partial charge in [-0.1, -0.05) is 12.1 Å². The van der Waals surface area contributed by atoms with Crippen molar-refractivity contribution in [2.24, 2.45) is 0 Å². The minimum absolute atomic E-state index is 0.0175. The highest BCUT2D eigenvalue weighted by Gasteiger charge is 2.35. The molecule has 94 valence electrons. The average molecular weight is 321 g/mol. The summed E-state index contributed by atoms with van der Waals surface area (Å²) in [6, 6.07) is 6.56. The summed E-state index contributed by atoms with van der Waals surface area (Å²) in [6.07, 6.45) is 0. The summed E-state index contributed by atoms with van der Waals surface area (Å²) in [7, 11) is -3.58. The van der Waals surface area contributed by atoms with Gasteiger partial charge in [-0.05, 0) is 28.1 Å². The number of hydrogen-bond donors (Lipinski definition) is 3. The van der Waals surface area contributed by atoms with Gasteiger partial charge in [-0.15, -0.1) is 0 Å². The Morgan fingerprint density at radius 1 is 1.41 bits per heavy atom. The van der Waals surface area contributed by atoms with Crippen LogP contribution in [-0.2, 0) is 10.0 Å². The van der Waals surface area contributed by atoms with E-state index in [1.807, 2.05) is 0 Å². The lowest BCUT2D eigenvalue weighted by molar-refractivity contribution is -0.00397. The SMILES string of the molecule is O=S(=O)(NCC1(O)CNC1)c1ccccc1Br. The van der Waals surface area contributed by atoms with Gasteiger partial charge in [0, 0.05) is 24.1 Å². The summed E-state index contributed by atoms with van der Waals surface area (Å²) >= 11 is 3.19. The molecule has 1 aliphatic rings. The monoisotopic (exact) mass is 320 g/mol. The molecular formula is C10H13BrN2O3S. The Labute approximate surface area is 108 Å². The van der Waals surface area contributed by atoms with Crippen LogP contribution in [0.2, 0.25) is 0 Å². The zero-order valence-corrected chi connectivity index (χ0v) is 11.4. The van der Waals surface area contributed by atoms with Crippen molar-refractivity contribution in [2.75, 3.05) is 19.6 Å². The molecule has 0 aliphatic carbocycles. The number of hydrogen-bond acceptors (Lipinski definition) is 4. The fraction of sp³-hybridized carbons (Fsp3) is 0.400. The van der Waals surface area contributed by atoms with Gasteiger partial charge in [-0.25, -0.2) is 13.1 Å². The van der Waals surface area contributed by atoms with Crippen molar-refractivity contribution >= 4 is 26.0 Å². The quantitative estimate of drug-likeness (QED) is 0.733. The van der Waals surface area contributed by atoms with Crippen molar-refractivity contribution in [1.82, 2.24) is 10.0 Å². The fourth-order valence-electron chi connectivity index (χ4n) is 1.51. The van der Waals surface area contributed by atoms with Gasteiger partial charge in [0.05, 0.1) is 4.90 Å². The average Bonchev–Trinajstić information content (AvgIpc) is 2.24. The molecule has 0 bridgehead atoms. The second-order valence-corrected chi connectivity index (χ2v) is 6.67. The smallest absolute Gasteiger partial charge is 0.241 e. The Bertz CT molecular complexity index is 514. The molecule has 1 heterocycles. The van der Waals surface area contributed by atoms with E-state index in [1.165, 1.54) is 6.07 Å². The van der Waals surface area contributed by atoms with Gasteiger partial charge in [0.25, 0.3) is 0 Å². The van der Waals surface area contributed by atoms with Gasteiger partial charge in [0.2, 0.25) is 10.0 Å². The van der Waals surface area contributed by atoms with Gasteiger partial charge >= 0.3 is 0 Å². The fourth-order valence-corrected chi connectivity index (χ4v) is 3.63. The predicted molar refractivity (Wildman–Crippen MR) is 67.2 cm³/mol. The number of aliphatic hydroxyl groups is 1. The van der Waals surface area contributed by atoms with Crippen LogP contribution in [0.1, 0.15) is 0 Å². The van der Waals surface area contributed by atoms with Crippen LogP contribution >= 0.6 is 15.9 Å². The molecule has 0 saturated carbocycles. The Morgan fingerprint density at radius 3 is 2.59 bits per heavy atom. The molecule has 1 fully saturated rings. The predicted octanol–water partition coefficient (Wildman–Crippen LogP) is 0.0617. The highest BCUT2D eigenvalue weighted by molar-refractivity contribution is 9.10. The second-order valence-electron chi connectivity index (χ2n) is 4.08. The van der Waals surface area contributed by atoms with Crippen molar-refractivity contribution < 1.29 is 13.5 Å². The maximum absolute atomic E-state index is 12.0. The van der Waals surface area contributed by atoms with Gasteiger partial charge in [-0.2, -0.15) is 0 Å². The molecule has 0 amide bonds.